The van der Waals surface area contributed by atoms with Crippen molar-refractivity contribution < 1.29 is 19.1 Å². The first kappa shape index (κ1) is 22.5. The molecule has 0 spiro atoms. The molecule has 2 N–H and O–H groups in total. The Morgan fingerprint density at radius 3 is 2.64 bits per heavy atom. The van der Waals surface area contributed by atoms with Gasteiger partial charge in [-0.25, -0.2) is 9.18 Å². The van der Waals surface area contributed by atoms with Gasteiger partial charge in [0.1, 0.15) is 5.82 Å². The van der Waals surface area contributed by atoms with E-state index >= 15 is 0 Å². The van der Waals surface area contributed by atoms with E-state index in [4.69, 9.17) is 0 Å². The topological polar surface area (TPSA) is 72.9 Å². The summed E-state index contributed by atoms with van der Waals surface area (Å²) < 4.78 is 13.5. The standard InChI is InChI=1S/C26H26FN3O3/c1-18(31)20-7-3-10-23(15-20)28-25(32)21-8-4-11-24(16-21)30-13-5-12-29(26(30)33)17-19-6-2-9-22(27)14-19/h2-4,6-11,14-16,18,31H,5,12-13,17H2,1H3,(H,28,32). The van der Waals surface area contributed by atoms with Gasteiger partial charge in [0.15, 0.2) is 0 Å². The smallest absolute Gasteiger partial charge is 0.324 e. The Morgan fingerprint density at radius 2 is 1.85 bits per heavy atom. The van der Waals surface area contributed by atoms with Crippen LogP contribution in [0.5, 0.6) is 0 Å². The number of aliphatic hydroxyl groups is 1. The van der Waals surface area contributed by atoms with E-state index in [9.17, 15) is 19.1 Å². The predicted octanol–water partition coefficient (Wildman–Crippen LogP) is 4.96. The molecule has 6 nitrogen and oxygen atoms in total. The van der Waals surface area contributed by atoms with Crippen LogP contribution in [0.3, 0.4) is 0 Å². The zero-order chi connectivity index (χ0) is 23.4. The summed E-state index contributed by atoms with van der Waals surface area (Å²) >= 11 is 0. The van der Waals surface area contributed by atoms with E-state index in [1.165, 1.54) is 12.1 Å². The van der Waals surface area contributed by atoms with E-state index in [0.29, 0.717) is 42.1 Å². The number of hydrogen-bond donors (Lipinski definition) is 2. The largest absolute Gasteiger partial charge is 0.389 e. The Balaban J connectivity index is 1.49. The summed E-state index contributed by atoms with van der Waals surface area (Å²) in [5.74, 6) is -0.632. The lowest BCUT2D eigenvalue weighted by Crippen LogP contribution is -2.49. The van der Waals surface area contributed by atoms with E-state index in [0.717, 1.165) is 12.0 Å². The molecule has 33 heavy (non-hydrogen) atoms. The van der Waals surface area contributed by atoms with Gasteiger partial charge >= 0.3 is 6.03 Å². The zero-order valence-electron chi connectivity index (χ0n) is 18.4. The summed E-state index contributed by atoms with van der Waals surface area (Å²) in [6.45, 7) is 3.12. The monoisotopic (exact) mass is 447 g/mol. The number of rotatable bonds is 6. The molecular weight excluding hydrogens is 421 g/mol. The molecule has 1 heterocycles. The minimum Gasteiger partial charge on any atom is -0.389 e. The van der Waals surface area contributed by atoms with Crippen molar-refractivity contribution in [3.63, 3.8) is 0 Å². The van der Waals surface area contributed by atoms with Crippen molar-refractivity contribution in [3.05, 3.63) is 95.3 Å². The third-order valence-electron chi connectivity index (χ3n) is 5.62. The third-order valence-corrected chi connectivity index (χ3v) is 5.62. The van der Waals surface area contributed by atoms with Gasteiger partial charge in [0.2, 0.25) is 0 Å². The van der Waals surface area contributed by atoms with Crippen LogP contribution in [0.4, 0.5) is 20.6 Å². The van der Waals surface area contributed by atoms with E-state index in [2.05, 4.69) is 5.32 Å². The van der Waals surface area contributed by atoms with Crippen molar-refractivity contribution in [2.75, 3.05) is 23.3 Å². The fourth-order valence-electron chi connectivity index (χ4n) is 3.92. The van der Waals surface area contributed by atoms with E-state index in [1.54, 1.807) is 77.4 Å². The van der Waals surface area contributed by atoms with Crippen molar-refractivity contribution in [2.24, 2.45) is 0 Å². The van der Waals surface area contributed by atoms with Crippen molar-refractivity contribution in [1.29, 1.82) is 0 Å². The fraction of sp³-hybridized carbons (Fsp3) is 0.231. The number of carbonyl (C=O) groups excluding carboxylic acids is 2. The molecule has 1 unspecified atom stereocenters. The highest BCUT2D eigenvalue weighted by Gasteiger charge is 2.27. The average Bonchev–Trinajstić information content (AvgIpc) is 2.81. The molecule has 1 aliphatic rings. The Bertz CT molecular complexity index is 1160. The average molecular weight is 448 g/mol. The maximum Gasteiger partial charge on any atom is 0.324 e. The molecule has 7 heteroatoms. The molecule has 3 aromatic carbocycles. The molecule has 0 aromatic heterocycles. The second kappa shape index (κ2) is 9.83. The first-order chi connectivity index (χ1) is 15.9. The zero-order valence-corrected chi connectivity index (χ0v) is 18.4. The Kier molecular flexibility index (Phi) is 6.70. The molecule has 0 saturated carbocycles. The summed E-state index contributed by atoms with van der Waals surface area (Å²) in [7, 11) is 0. The highest BCUT2D eigenvalue weighted by molar-refractivity contribution is 6.05. The number of amides is 3. The molecule has 0 aliphatic carbocycles. The molecule has 0 radical (unpaired) electrons. The SMILES string of the molecule is CC(O)c1cccc(NC(=O)c2cccc(N3CCCN(Cc4cccc(F)c4)C3=O)c2)c1. The summed E-state index contributed by atoms with van der Waals surface area (Å²) in [4.78, 5) is 29.3. The summed E-state index contributed by atoms with van der Waals surface area (Å²) in [5, 5.41) is 12.6. The lowest BCUT2D eigenvalue weighted by atomic mass is 10.1. The number of aliphatic hydroxyl groups excluding tert-OH is 1. The molecule has 3 amide bonds. The normalized spacial score (nSPS) is 14.8. The summed E-state index contributed by atoms with van der Waals surface area (Å²) in [5.41, 5.74) is 3.08. The quantitative estimate of drug-likeness (QED) is 0.561. The number of carbonyl (C=O) groups is 2. The Morgan fingerprint density at radius 1 is 1.06 bits per heavy atom. The fourth-order valence-corrected chi connectivity index (χ4v) is 3.92. The number of urea groups is 1. The highest BCUT2D eigenvalue weighted by atomic mass is 19.1. The van der Waals surface area contributed by atoms with Gasteiger partial charge in [0.05, 0.1) is 6.10 Å². The molecule has 0 bridgehead atoms. The van der Waals surface area contributed by atoms with Crippen molar-refractivity contribution in [3.8, 4) is 0 Å². The van der Waals surface area contributed by atoms with Crippen LogP contribution < -0.4 is 10.2 Å². The first-order valence-corrected chi connectivity index (χ1v) is 10.9. The molecule has 1 fully saturated rings. The van der Waals surface area contributed by atoms with Gasteiger partial charge in [-0.1, -0.05) is 30.3 Å². The van der Waals surface area contributed by atoms with Crippen molar-refractivity contribution >= 4 is 23.3 Å². The number of halogens is 1. The van der Waals surface area contributed by atoms with E-state index in [-0.39, 0.29) is 17.8 Å². The van der Waals surface area contributed by atoms with Gasteiger partial charge in [0, 0.05) is 36.6 Å². The lowest BCUT2D eigenvalue weighted by molar-refractivity contribution is 0.102. The third kappa shape index (κ3) is 5.38. The summed E-state index contributed by atoms with van der Waals surface area (Å²) in [6, 6.07) is 20.0. The maximum absolute atomic E-state index is 13.5. The number of hydrogen-bond acceptors (Lipinski definition) is 3. The molecule has 1 saturated heterocycles. The van der Waals surface area contributed by atoms with Crippen molar-refractivity contribution in [2.45, 2.75) is 26.0 Å². The lowest BCUT2D eigenvalue weighted by Gasteiger charge is -2.35. The number of benzene rings is 3. The van der Waals surface area contributed by atoms with Crippen LogP contribution in [-0.2, 0) is 6.54 Å². The summed E-state index contributed by atoms with van der Waals surface area (Å²) in [6.07, 6.45) is 0.134. The van der Waals surface area contributed by atoms with E-state index < -0.39 is 6.10 Å². The van der Waals surface area contributed by atoms with Crippen LogP contribution in [0.1, 0.15) is 40.9 Å². The van der Waals surface area contributed by atoms with Gasteiger partial charge in [-0.05, 0) is 66.9 Å². The molecule has 170 valence electrons. The minimum absolute atomic E-state index is 0.173. The van der Waals surface area contributed by atoms with Crippen LogP contribution in [0.2, 0.25) is 0 Å². The molecular formula is C26H26FN3O3. The van der Waals surface area contributed by atoms with Gasteiger partial charge in [-0.3, -0.25) is 9.69 Å². The van der Waals surface area contributed by atoms with E-state index in [1.807, 2.05) is 0 Å². The molecule has 1 aliphatic heterocycles. The number of nitrogens with zero attached hydrogens (tertiary/aromatic N) is 2. The van der Waals surface area contributed by atoms with Crippen LogP contribution >= 0.6 is 0 Å². The number of anilines is 2. The highest BCUT2D eigenvalue weighted by Crippen LogP contribution is 2.24. The van der Waals surface area contributed by atoms with Crippen LogP contribution in [0.25, 0.3) is 0 Å². The Labute approximate surface area is 192 Å². The molecule has 3 aromatic rings. The molecule has 1 atom stereocenters. The van der Waals surface area contributed by atoms with Gasteiger partial charge < -0.3 is 15.3 Å². The van der Waals surface area contributed by atoms with Crippen molar-refractivity contribution in [1.82, 2.24) is 4.90 Å². The van der Waals surface area contributed by atoms with Crippen LogP contribution in [-0.4, -0.2) is 35.0 Å². The van der Waals surface area contributed by atoms with Gasteiger partial charge in [-0.2, -0.15) is 0 Å². The molecule has 4 rings (SSSR count). The number of nitrogens with one attached hydrogen (secondary N) is 1. The van der Waals surface area contributed by atoms with Gasteiger partial charge in [-0.15, -0.1) is 0 Å². The second-order valence-corrected chi connectivity index (χ2v) is 8.15. The van der Waals surface area contributed by atoms with Crippen LogP contribution in [0, 0.1) is 5.82 Å². The predicted molar refractivity (Wildman–Crippen MR) is 126 cm³/mol. The second-order valence-electron chi connectivity index (χ2n) is 8.15. The Hall–Kier alpha value is -3.71. The van der Waals surface area contributed by atoms with Crippen LogP contribution in [0.15, 0.2) is 72.8 Å². The first-order valence-electron chi connectivity index (χ1n) is 10.9. The minimum atomic E-state index is -0.634. The maximum atomic E-state index is 13.5. The van der Waals surface area contributed by atoms with Gasteiger partial charge in [0.25, 0.3) is 5.91 Å².